The smallest absolute Gasteiger partial charge is 0.285 e. The standard InChI is InChI=1S/C15H11F3N4O5/c16-9-2-3-10(15(18)14(9)17)20-11(23)5-19-12(24)7-21-6-8(22(26)27)1-4-13(21)25/h1-4,6H,5,7H2,(H,19,24)(H,20,23). The fraction of sp³-hybridized carbons (Fsp3) is 0.133. The summed E-state index contributed by atoms with van der Waals surface area (Å²) in [7, 11) is 0. The molecule has 0 aliphatic carbocycles. The van der Waals surface area contributed by atoms with Gasteiger partial charge in [0.15, 0.2) is 17.5 Å². The predicted molar refractivity (Wildman–Crippen MR) is 85.3 cm³/mol. The van der Waals surface area contributed by atoms with Gasteiger partial charge in [-0.3, -0.25) is 29.1 Å². The molecule has 0 radical (unpaired) electrons. The second-order valence-corrected chi connectivity index (χ2v) is 5.16. The highest BCUT2D eigenvalue weighted by atomic mass is 19.2. The van der Waals surface area contributed by atoms with Crippen LogP contribution in [0.2, 0.25) is 0 Å². The average molecular weight is 384 g/mol. The lowest BCUT2D eigenvalue weighted by Gasteiger charge is -2.09. The number of hydrogen-bond acceptors (Lipinski definition) is 5. The number of halogens is 3. The molecule has 0 unspecified atom stereocenters. The second kappa shape index (κ2) is 8.12. The van der Waals surface area contributed by atoms with Crippen molar-refractivity contribution in [1.82, 2.24) is 9.88 Å². The van der Waals surface area contributed by atoms with Gasteiger partial charge in [-0.05, 0) is 12.1 Å². The third-order valence-electron chi connectivity index (χ3n) is 3.25. The Balaban J connectivity index is 1.95. The van der Waals surface area contributed by atoms with Crippen molar-refractivity contribution < 1.29 is 27.7 Å². The van der Waals surface area contributed by atoms with Crippen molar-refractivity contribution in [2.24, 2.45) is 0 Å². The second-order valence-electron chi connectivity index (χ2n) is 5.16. The van der Waals surface area contributed by atoms with Crippen molar-refractivity contribution in [1.29, 1.82) is 0 Å². The molecule has 0 aliphatic rings. The topological polar surface area (TPSA) is 123 Å². The number of hydrogen-bond donors (Lipinski definition) is 2. The molecule has 2 aromatic rings. The Morgan fingerprint density at radius 2 is 1.78 bits per heavy atom. The van der Waals surface area contributed by atoms with Crippen LogP contribution in [-0.4, -0.2) is 27.8 Å². The first-order valence-corrected chi connectivity index (χ1v) is 7.24. The van der Waals surface area contributed by atoms with Gasteiger partial charge >= 0.3 is 0 Å². The Hall–Kier alpha value is -3.70. The molecule has 1 aromatic carbocycles. The van der Waals surface area contributed by atoms with Gasteiger partial charge in [-0.2, -0.15) is 0 Å². The maximum Gasteiger partial charge on any atom is 0.285 e. The Morgan fingerprint density at radius 3 is 2.44 bits per heavy atom. The fourth-order valence-corrected chi connectivity index (χ4v) is 1.96. The number of nitrogens with zero attached hydrogens (tertiary/aromatic N) is 2. The van der Waals surface area contributed by atoms with E-state index in [4.69, 9.17) is 0 Å². The normalized spacial score (nSPS) is 10.3. The SMILES string of the molecule is O=C(Cn1cc([N+](=O)[O-])ccc1=O)NCC(=O)Nc1ccc(F)c(F)c1F. The summed E-state index contributed by atoms with van der Waals surface area (Å²) in [4.78, 5) is 44.9. The van der Waals surface area contributed by atoms with E-state index >= 15 is 0 Å². The van der Waals surface area contributed by atoms with E-state index in [1.807, 2.05) is 5.32 Å². The number of benzene rings is 1. The lowest BCUT2D eigenvalue weighted by molar-refractivity contribution is -0.385. The maximum atomic E-state index is 13.4. The van der Waals surface area contributed by atoms with Crippen LogP contribution in [0.5, 0.6) is 0 Å². The van der Waals surface area contributed by atoms with Gasteiger partial charge in [0.2, 0.25) is 11.8 Å². The van der Waals surface area contributed by atoms with Crippen LogP contribution in [0, 0.1) is 27.6 Å². The number of nitrogens with one attached hydrogen (secondary N) is 2. The van der Waals surface area contributed by atoms with Crippen LogP contribution in [0.25, 0.3) is 0 Å². The van der Waals surface area contributed by atoms with Gasteiger partial charge in [0.1, 0.15) is 6.54 Å². The van der Waals surface area contributed by atoms with Crippen molar-refractivity contribution in [3.63, 3.8) is 0 Å². The van der Waals surface area contributed by atoms with Crippen LogP contribution in [-0.2, 0) is 16.1 Å². The summed E-state index contributed by atoms with van der Waals surface area (Å²) < 4.78 is 40.1. The molecule has 142 valence electrons. The van der Waals surface area contributed by atoms with E-state index < -0.39 is 64.2 Å². The largest absolute Gasteiger partial charge is 0.345 e. The Morgan fingerprint density at radius 1 is 1.07 bits per heavy atom. The molecule has 0 atom stereocenters. The van der Waals surface area contributed by atoms with E-state index in [-0.39, 0.29) is 0 Å². The van der Waals surface area contributed by atoms with Crippen molar-refractivity contribution in [2.45, 2.75) is 6.54 Å². The molecule has 12 heteroatoms. The zero-order valence-corrected chi connectivity index (χ0v) is 13.4. The molecule has 0 spiro atoms. The van der Waals surface area contributed by atoms with Crippen LogP contribution < -0.4 is 16.2 Å². The van der Waals surface area contributed by atoms with Crippen molar-refractivity contribution >= 4 is 23.2 Å². The molecule has 2 rings (SSSR count). The summed E-state index contributed by atoms with van der Waals surface area (Å²) >= 11 is 0. The van der Waals surface area contributed by atoms with E-state index in [9.17, 15) is 37.7 Å². The summed E-state index contributed by atoms with van der Waals surface area (Å²) in [6.45, 7) is -1.27. The fourth-order valence-electron chi connectivity index (χ4n) is 1.96. The van der Waals surface area contributed by atoms with Crippen LogP contribution in [0.15, 0.2) is 35.3 Å². The summed E-state index contributed by atoms with van der Waals surface area (Å²) in [6, 6.07) is 3.29. The van der Waals surface area contributed by atoms with Gasteiger partial charge in [-0.15, -0.1) is 0 Å². The van der Waals surface area contributed by atoms with E-state index in [0.29, 0.717) is 6.07 Å². The third kappa shape index (κ3) is 4.90. The zero-order chi connectivity index (χ0) is 20.1. The van der Waals surface area contributed by atoms with Gasteiger partial charge in [-0.1, -0.05) is 0 Å². The number of carbonyl (C=O) groups is 2. The molecule has 2 N–H and O–H groups in total. The quantitative estimate of drug-likeness (QED) is 0.436. The number of pyridine rings is 1. The van der Waals surface area contributed by atoms with E-state index in [1.165, 1.54) is 0 Å². The molecule has 0 saturated heterocycles. The summed E-state index contributed by atoms with van der Waals surface area (Å²) in [5.74, 6) is -6.57. The molecule has 27 heavy (non-hydrogen) atoms. The molecule has 0 fully saturated rings. The van der Waals surface area contributed by atoms with Gasteiger partial charge < -0.3 is 10.6 Å². The minimum absolute atomic E-state index is 0.408. The molecular weight excluding hydrogens is 373 g/mol. The molecule has 0 saturated carbocycles. The molecular formula is C15H11F3N4O5. The third-order valence-corrected chi connectivity index (χ3v) is 3.25. The highest BCUT2D eigenvalue weighted by Crippen LogP contribution is 2.19. The number of nitro groups is 1. The van der Waals surface area contributed by atoms with Gasteiger partial charge in [0, 0.05) is 12.1 Å². The lowest BCUT2D eigenvalue weighted by Crippen LogP contribution is -2.37. The molecule has 1 aromatic heterocycles. The van der Waals surface area contributed by atoms with Crippen molar-refractivity contribution in [2.75, 3.05) is 11.9 Å². The minimum atomic E-state index is -1.76. The minimum Gasteiger partial charge on any atom is -0.345 e. The number of carbonyl (C=O) groups excluding carboxylic acids is 2. The Labute approximate surface area is 148 Å². The van der Waals surface area contributed by atoms with Crippen LogP contribution >= 0.6 is 0 Å². The number of amides is 2. The molecule has 2 amide bonds. The molecule has 9 nitrogen and oxygen atoms in total. The van der Waals surface area contributed by atoms with Gasteiger partial charge in [0.05, 0.1) is 23.4 Å². The molecule has 0 aliphatic heterocycles. The summed E-state index contributed by atoms with van der Waals surface area (Å²) in [5.41, 5.74) is -1.71. The zero-order valence-electron chi connectivity index (χ0n) is 13.4. The van der Waals surface area contributed by atoms with Crippen LogP contribution in [0.3, 0.4) is 0 Å². The first-order chi connectivity index (χ1) is 12.7. The monoisotopic (exact) mass is 384 g/mol. The Kier molecular flexibility index (Phi) is 5.90. The van der Waals surface area contributed by atoms with E-state index in [0.717, 1.165) is 29.0 Å². The first-order valence-electron chi connectivity index (χ1n) is 7.24. The van der Waals surface area contributed by atoms with Crippen molar-refractivity contribution in [3.8, 4) is 0 Å². The van der Waals surface area contributed by atoms with Crippen molar-refractivity contribution in [3.05, 3.63) is 68.4 Å². The first kappa shape index (κ1) is 19.6. The Bertz CT molecular complexity index is 976. The predicted octanol–water partition coefficient (Wildman–Crippen LogP) is 0.929. The van der Waals surface area contributed by atoms with Gasteiger partial charge in [0.25, 0.3) is 11.2 Å². The average Bonchev–Trinajstić information content (AvgIpc) is 2.62. The van der Waals surface area contributed by atoms with E-state index in [1.54, 1.807) is 0 Å². The number of rotatable bonds is 6. The highest BCUT2D eigenvalue weighted by Gasteiger charge is 2.16. The summed E-state index contributed by atoms with van der Waals surface area (Å²) in [6.07, 6.45) is 0.860. The highest BCUT2D eigenvalue weighted by molar-refractivity contribution is 5.94. The lowest BCUT2D eigenvalue weighted by atomic mass is 10.2. The maximum absolute atomic E-state index is 13.4. The van der Waals surface area contributed by atoms with Crippen LogP contribution in [0.1, 0.15) is 0 Å². The van der Waals surface area contributed by atoms with Gasteiger partial charge in [-0.25, -0.2) is 13.2 Å². The molecule has 1 heterocycles. The molecule has 0 bridgehead atoms. The number of anilines is 1. The number of aromatic nitrogens is 1. The van der Waals surface area contributed by atoms with E-state index in [2.05, 4.69) is 5.32 Å². The van der Waals surface area contributed by atoms with Crippen LogP contribution in [0.4, 0.5) is 24.5 Å². The summed E-state index contributed by atoms with van der Waals surface area (Å²) in [5, 5.41) is 14.7.